The molecule has 0 aliphatic carbocycles. The first kappa shape index (κ1) is 15.0. The van der Waals surface area contributed by atoms with Crippen LogP contribution in [0.4, 0.5) is 13.2 Å². The molecule has 2 aromatic carbocycles. The first-order valence-corrected chi connectivity index (χ1v) is 6.29. The van der Waals surface area contributed by atoms with Gasteiger partial charge in [-0.1, -0.05) is 23.2 Å². The summed E-state index contributed by atoms with van der Waals surface area (Å²) in [4.78, 5) is 0. The predicted octanol–water partition coefficient (Wildman–Crippen LogP) is 5.69. The highest BCUT2D eigenvalue weighted by Crippen LogP contribution is 2.40. The summed E-state index contributed by atoms with van der Waals surface area (Å²) in [5, 5.41) is 0.818. The van der Waals surface area contributed by atoms with E-state index in [0.717, 1.165) is 12.1 Å². The van der Waals surface area contributed by atoms with Gasteiger partial charge in [-0.25, -0.2) is 0 Å². The maximum atomic E-state index is 12.7. The third kappa shape index (κ3) is 3.02. The highest BCUT2D eigenvalue weighted by atomic mass is 35.5. The van der Waals surface area contributed by atoms with E-state index in [9.17, 15) is 13.2 Å². The summed E-state index contributed by atoms with van der Waals surface area (Å²) in [5.74, 6) is 0.0870. The Kier molecular flexibility index (Phi) is 4.16. The molecule has 2 aromatic rings. The summed E-state index contributed by atoms with van der Waals surface area (Å²) in [6.45, 7) is 0. The highest BCUT2D eigenvalue weighted by Gasteiger charge is 2.31. The smallest absolute Gasteiger partial charge is 0.416 e. The quantitative estimate of drug-likeness (QED) is 0.690. The maximum absolute atomic E-state index is 12.7. The molecule has 0 aliphatic rings. The van der Waals surface area contributed by atoms with Crippen LogP contribution in [-0.4, -0.2) is 7.11 Å². The average molecular weight is 321 g/mol. The number of methoxy groups -OCH3 is 1. The Hall–Kier alpha value is -1.39. The third-order valence-electron chi connectivity index (χ3n) is 2.75. The molecule has 0 unspecified atom stereocenters. The van der Waals surface area contributed by atoms with Crippen LogP contribution in [0.2, 0.25) is 10.0 Å². The lowest BCUT2D eigenvalue weighted by Crippen LogP contribution is -2.05. The molecule has 0 bridgehead atoms. The van der Waals surface area contributed by atoms with Crippen molar-refractivity contribution in [2.24, 2.45) is 0 Å². The number of hydrogen-bond donors (Lipinski definition) is 0. The molecule has 20 heavy (non-hydrogen) atoms. The Morgan fingerprint density at radius 3 is 2.25 bits per heavy atom. The molecule has 0 fully saturated rings. The van der Waals surface area contributed by atoms with Crippen LogP contribution < -0.4 is 4.74 Å². The Morgan fingerprint density at radius 1 is 0.950 bits per heavy atom. The van der Waals surface area contributed by atoms with Crippen molar-refractivity contribution in [3.05, 3.63) is 52.0 Å². The molecule has 0 N–H and O–H groups in total. The lowest BCUT2D eigenvalue weighted by atomic mass is 10.0. The number of benzene rings is 2. The lowest BCUT2D eigenvalue weighted by molar-refractivity contribution is -0.137. The summed E-state index contributed by atoms with van der Waals surface area (Å²) in [7, 11) is 1.30. The van der Waals surface area contributed by atoms with Crippen LogP contribution in [0.5, 0.6) is 5.75 Å². The Balaban J connectivity index is 2.60. The van der Waals surface area contributed by atoms with E-state index in [1.54, 1.807) is 18.2 Å². The van der Waals surface area contributed by atoms with Gasteiger partial charge in [0.25, 0.3) is 0 Å². The van der Waals surface area contributed by atoms with Crippen LogP contribution in [0.15, 0.2) is 36.4 Å². The van der Waals surface area contributed by atoms with Crippen LogP contribution >= 0.6 is 23.2 Å². The number of hydrogen-bond acceptors (Lipinski definition) is 1. The fourth-order valence-electron chi connectivity index (χ4n) is 1.79. The van der Waals surface area contributed by atoms with Crippen molar-refractivity contribution in [2.75, 3.05) is 7.11 Å². The first-order chi connectivity index (χ1) is 9.32. The molecular formula is C14H9Cl2F3O. The number of rotatable bonds is 2. The van der Waals surface area contributed by atoms with Crippen LogP contribution in [0.3, 0.4) is 0 Å². The zero-order valence-corrected chi connectivity index (χ0v) is 11.8. The molecule has 0 saturated carbocycles. The van der Waals surface area contributed by atoms with Gasteiger partial charge >= 0.3 is 6.18 Å². The van der Waals surface area contributed by atoms with E-state index in [4.69, 9.17) is 27.9 Å². The minimum absolute atomic E-state index is 0.0870. The zero-order valence-electron chi connectivity index (χ0n) is 10.3. The van der Waals surface area contributed by atoms with Crippen molar-refractivity contribution in [3.8, 4) is 16.9 Å². The molecular weight excluding hydrogens is 312 g/mol. The number of halogens is 5. The highest BCUT2D eigenvalue weighted by molar-refractivity contribution is 6.35. The Labute approximate surface area is 123 Å². The van der Waals surface area contributed by atoms with Gasteiger partial charge in [0, 0.05) is 21.2 Å². The fraction of sp³-hybridized carbons (Fsp3) is 0.143. The molecule has 0 aromatic heterocycles. The molecule has 106 valence electrons. The van der Waals surface area contributed by atoms with E-state index in [0.29, 0.717) is 21.2 Å². The molecule has 1 nitrogen and oxygen atoms in total. The van der Waals surface area contributed by atoms with Crippen molar-refractivity contribution in [1.29, 1.82) is 0 Å². The van der Waals surface area contributed by atoms with Gasteiger partial charge in [-0.15, -0.1) is 0 Å². The number of ether oxygens (including phenoxy) is 1. The third-order valence-corrected chi connectivity index (χ3v) is 3.31. The summed E-state index contributed by atoms with van der Waals surface area (Å²) in [6.07, 6.45) is -4.43. The summed E-state index contributed by atoms with van der Waals surface area (Å²) >= 11 is 11.9. The Bertz CT molecular complexity index is 639. The van der Waals surface area contributed by atoms with Gasteiger partial charge in [0.15, 0.2) is 0 Å². The Morgan fingerprint density at radius 2 is 1.65 bits per heavy atom. The zero-order chi connectivity index (χ0) is 14.9. The summed E-state index contributed by atoms with van der Waals surface area (Å²) in [6, 6.07) is 8.00. The van der Waals surface area contributed by atoms with Crippen LogP contribution in [0.1, 0.15) is 5.56 Å². The van der Waals surface area contributed by atoms with Crippen LogP contribution in [-0.2, 0) is 6.18 Å². The van der Waals surface area contributed by atoms with Crippen LogP contribution in [0, 0.1) is 0 Å². The van der Waals surface area contributed by atoms with Crippen molar-refractivity contribution in [1.82, 2.24) is 0 Å². The van der Waals surface area contributed by atoms with Gasteiger partial charge in [-0.05, 0) is 36.4 Å². The summed E-state index contributed by atoms with van der Waals surface area (Å²) < 4.78 is 43.1. The van der Waals surface area contributed by atoms with E-state index in [1.807, 2.05) is 0 Å². The number of alkyl halides is 3. The van der Waals surface area contributed by atoms with Crippen LogP contribution in [0.25, 0.3) is 11.1 Å². The maximum Gasteiger partial charge on any atom is 0.416 e. The van der Waals surface area contributed by atoms with Crippen molar-refractivity contribution in [2.45, 2.75) is 6.18 Å². The van der Waals surface area contributed by atoms with Gasteiger partial charge in [-0.2, -0.15) is 13.2 Å². The van der Waals surface area contributed by atoms with E-state index >= 15 is 0 Å². The second kappa shape index (κ2) is 5.54. The minimum Gasteiger partial charge on any atom is -0.496 e. The molecule has 0 saturated heterocycles. The predicted molar refractivity (Wildman–Crippen MR) is 73.5 cm³/mol. The first-order valence-electron chi connectivity index (χ1n) is 5.53. The average Bonchev–Trinajstić information content (AvgIpc) is 2.40. The molecule has 0 aliphatic heterocycles. The minimum atomic E-state index is -4.43. The normalized spacial score (nSPS) is 11.5. The van der Waals surface area contributed by atoms with Gasteiger partial charge < -0.3 is 4.74 Å². The van der Waals surface area contributed by atoms with Crippen molar-refractivity contribution < 1.29 is 17.9 Å². The van der Waals surface area contributed by atoms with E-state index in [-0.39, 0.29) is 5.75 Å². The molecule has 0 amide bonds. The SMILES string of the molecule is COc1cc(C(F)(F)F)ccc1-c1cc(Cl)ccc1Cl. The van der Waals surface area contributed by atoms with Gasteiger partial charge in [-0.3, -0.25) is 0 Å². The molecule has 0 spiro atoms. The molecule has 0 atom stereocenters. The van der Waals surface area contributed by atoms with E-state index in [2.05, 4.69) is 0 Å². The fourth-order valence-corrected chi connectivity index (χ4v) is 2.19. The van der Waals surface area contributed by atoms with Crippen molar-refractivity contribution >= 4 is 23.2 Å². The molecule has 2 rings (SSSR count). The van der Waals surface area contributed by atoms with Gasteiger partial charge in [0.2, 0.25) is 0 Å². The standard InChI is InChI=1S/C14H9Cl2F3O/c1-20-13-6-8(14(17,18)19)2-4-10(13)11-7-9(15)3-5-12(11)16/h2-7H,1H3. The topological polar surface area (TPSA) is 9.23 Å². The monoisotopic (exact) mass is 320 g/mol. The second-order valence-corrected chi connectivity index (χ2v) is 4.88. The van der Waals surface area contributed by atoms with E-state index < -0.39 is 11.7 Å². The molecule has 0 heterocycles. The van der Waals surface area contributed by atoms with E-state index in [1.165, 1.54) is 13.2 Å². The molecule has 0 radical (unpaired) electrons. The van der Waals surface area contributed by atoms with Gasteiger partial charge in [0.1, 0.15) is 5.75 Å². The van der Waals surface area contributed by atoms with Gasteiger partial charge in [0.05, 0.1) is 12.7 Å². The molecule has 6 heteroatoms. The van der Waals surface area contributed by atoms with Crippen molar-refractivity contribution in [3.63, 3.8) is 0 Å². The largest absolute Gasteiger partial charge is 0.496 e. The second-order valence-electron chi connectivity index (χ2n) is 4.04. The summed E-state index contributed by atoms with van der Waals surface area (Å²) in [5.41, 5.74) is 0.189. The lowest BCUT2D eigenvalue weighted by Gasteiger charge is -2.14.